The fraction of sp³-hybridized carbons (Fsp3) is 0. The molecule has 20 heavy (non-hydrogen) atoms. The molecule has 0 unspecified atom stereocenters. The lowest BCUT2D eigenvalue weighted by atomic mass is 10.1. The minimum Gasteiger partial charge on any atom is -0.505 e. The Bertz CT molecular complexity index is 696. The number of nitroso groups, excluding NO2 is 1. The maximum Gasteiger partial charge on any atom is 0.172 e. The van der Waals surface area contributed by atoms with Crippen molar-refractivity contribution in [3.8, 4) is 11.8 Å². The highest BCUT2D eigenvalue weighted by molar-refractivity contribution is 5.89. The molecule has 0 radical (unpaired) electrons. The molecule has 1 heterocycles. The van der Waals surface area contributed by atoms with E-state index in [0.717, 1.165) is 0 Å². The second-order valence-corrected chi connectivity index (χ2v) is 3.83. The first-order valence-electron chi connectivity index (χ1n) is 5.49. The third kappa shape index (κ3) is 2.59. The Hall–Kier alpha value is -3.27. The van der Waals surface area contributed by atoms with E-state index in [-0.39, 0.29) is 22.7 Å². The summed E-state index contributed by atoms with van der Waals surface area (Å²) in [7, 11) is 0. The van der Waals surface area contributed by atoms with Crippen molar-refractivity contribution in [1.29, 1.82) is 5.26 Å². The van der Waals surface area contributed by atoms with E-state index in [4.69, 9.17) is 11.0 Å². The first kappa shape index (κ1) is 13.2. The van der Waals surface area contributed by atoms with Crippen LogP contribution in [-0.4, -0.2) is 15.1 Å². The summed E-state index contributed by atoms with van der Waals surface area (Å²) in [5.74, 6) is -0.345. The number of hydrogen-bond acceptors (Lipinski definition) is 7. The van der Waals surface area contributed by atoms with E-state index in [1.165, 1.54) is 36.8 Å². The Kier molecular flexibility index (Phi) is 3.67. The smallest absolute Gasteiger partial charge is 0.172 e. The Morgan fingerprint density at radius 3 is 2.80 bits per heavy atom. The Balaban J connectivity index is 2.49. The number of nitrogens with two attached hydrogens (primary N) is 1. The van der Waals surface area contributed by atoms with Crippen LogP contribution in [0.15, 0.2) is 35.9 Å². The minimum absolute atomic E-state index is 0.0303. The average Bonchev–Trinajstić information content (AvgIpc) is 2.45. The van der Waals surface area contributed by atoms with Gasteiger partial charge in [0.2, 0.25) is 0 Å². The van der Waals surface area contributed by atoms with Gasteiger partial charge in [0.1, 0.15) is 11.8 Å². The number of aromatic nitrogens is 2. The van der Waals surface area contributed by atoms with Gasteiger partial charge in [-0.3, -0.25) is 9.97 Å². The first-order chi connectivity index (χ1) is 9.65. The fourth-order valence-corrected chi connectivity index (χ4v) is 1.61. The molecule has 3 N–H and O–H groups in total. The van der Waals surface area contributed by atoms with Crippen molar-refractivity contribution >= 4 is 23.0 Å². The first-order valence-corrected chi connectivity index (χ1v) is 5.49. The highest BCUT2D eigenvalue weighted by Gasteiger charge is 2.09. The number of phenols is 1. The number of phenolic OH excluding ortho intramolecular Hbond substituents is 1. The highest BCUT2D eigenvalue weighted by atomic mass is 16.3. The molecule has 0 aliphatic heterocycles. The maximum atomic E-state index is 10.5. The molecule has 7 heteroatoms. The molecule has 7 nitrogen and oxygen atoms in total. The van der Waals surface area contributed by atoms with Gasteiger partial charge in [0.15, 0.2) is 5.69 Å². The standard InChI is InChI=1S/C13H9N5O2/c14-6-9(11-7-16-1-2-17-11)3-8-4-10(15)13(18-20)12(19)5-8/h1-5,7,19H,15H2/b9-3+. The Morgan fingerprint density at radius 2 is 2.25 bits per heavy atom. The molecule has 0 amide bonds. The number of nitrogen functional groups attached to an aromatic ring is 1. The van der Waals surface area contributed by atoms with Gasteiger partial charge in [-0.25, -0.2) is 0 Å². The lowest BCUT2D eigenvalue weighted by Gasteiger charge is -2.03. The summed E-state index contributed by atoms with van der Waals surface area (Å²) < 4.78 is 0. The van der Waals surface area contributed by atoms with Gasteiger partial charge in [0, 0.05) is 12.4 Å². The van der Waals surface area contributed by atoms with E-state index in [1.54, 1.807) is 0 Å². The largest absolute Gasteiger partial charge is 0.505 e. The van der Waals surface area contributed by atoms with Gasteiger partial charge in [-0.1, -0.05) is 0 Å². The number of rotatable bonds is 3. The fourth-order valence-electron chi connectivity index (χ4n) is 1.61. The number of allylic oxidation sites excluding steroid dienone is 1. The number of nitriles is 1. The van der Waals surface area contributed by atoms with Crippen LogP contribution >= 0.6 is 0 Å². The van der Waals surface area contributed by atoms with Crippen molar-refractivity contribution in [3.63, 3.8) is 0 Å². The zero-order chi connectivity index (χ0) is 14.5. The van der Waals surface area contributed by atoms with Gasteiger partial charge in [0.05, 0.1) is 23.2 Å². The molecule has 2 rings (SSSR count). The van der Waals surface area contributed by atoms with E-state index >= 15 is 0 Å². The summed E-state index contributed by atoms with van der Waals surface area (Å²) in [6.07, 6.45) is 5.88. The lowest BCUT2D eigenvalue weighted by Crippen LogP contribution is -1.90. The van der Waals surface area contributed by atoms with Gasteiger partial charge in [-0.05, 0) is 28.9 Å². The van der Waals surface area contributed by atoms with E-state index in [1.807, 2.05) is 6.07 Å². The second-order valence-electron chi connectivity index (χ2n) is 3.83. The second kappa shape index (κ2) is 5.58. The van der Waals surface area contributed by atoms with Crippen molar-refractivity contribution in [2.75, 3.05) is 5.73 Å². The van der Waals surface area contributed by atoms with Crippen LogP contribution in [0.25, 0.3) is 11.6 Å². The van der Waals surface area contributed by atoms with Crippen LogP contribution < -0.4 is 5.73 Å². The van der Waals surface area contributed by atoms with Crippen LogP contribution in [0, 0.1) is 16.2 Å². The Labute approximate surface area is 114 Å². The molecule has 0 bridgehead atoms. The zero-order valence-corrected chi connectivity index (χ0v) is 10.2. The predicted molar refractivity (Wildman–Crippen MR) is 73.5 cm³/mol. The monoisotopic (exact) mass is 267 g/mol. The van der Waals surface area contributed by atoms with Gasteiger partial charge >= 0.3 is 0 Å². The average molecular weight is 267 g/mol. The van der Waals surface area contributed by atoms with Crippen molar-refractivity contribution in [3.05, 3.63) is 46.9 Å². The molecule has 2 aromatic rings. The third-order valence-electron chi connectivity index (χ3n) is 2.50. The SMILES string of the molecule is N#C/C(=C\c1cc(N)c(N=O)c(O)c1)c1cnccn1. The van der Waals surface area contributed by atoms with Crippen molar-refractivity contribution in [2.24, 2.45) is 5.18 Å². The Morgan fingerprint density at radius 1 is 1.45 bits per heavy atom. The highest BCUT2D eigenvalue weighted by Crippen LogP contribution is 2.34. The van der Waals surface area contributed by atoms with Crippen molar-refractivity contribution in [2.45, 2.75) is 0 Å². The van der Waals surface area contributed by atoms with Crippen molar-refractivity contribution < 1.29 is 5.11 Å². The topological polar surface area (TPSA) is 125 Å². The van der Waals surface area contributed by atoms with Crippen LogP contribution in [0.1, 0.15) is 11.3 Å². The van der Waals surface area contributed by atoms with Gasteiger partial charge in [-0.15, -0.1) is 4.91 Å². The number of aromatic hydroxyl groups is 1. The van der Waals surface area contributed by atoms with Gasteiger partial charge in [-0.2, -0.15) is 5.26 Å². The van der Waals surface area contributed by atoms with E-state index < -0.39 is 0 Å². The summed E-state index contributed by atoms with van der Waals surface area (Å²) in [5.41, 5.74) is 6.50. The quantitative estimate of drug-likeness (QED) is 0.499. The molecular formula is C13H9N5O2. The number of nitrogens with zero attached hydrogens (tertiary/aromatic N) is 4. The van der Waals surface area contributed by atoms with E-state index in [0.29, 0.717) is 11.3 Å². The molecule has 98 valence electrons. The molecule has 0 aliphatic carbocycles. The summed E-state index contributed by atoms with van der Waals surface area (Å²) >= 11 is 0. The summed E-state index contributed by atoms with van der Waals surface area (Å²) in [4.78, 5) is 18.4. The molecule has 0 aliphatic rings. The minimum atomic E-state index is -0.345. The zero-order valence-electron chi connectivity index (χ0n) is 10.2. The summed E-state index contributed by atoms with van der Waals surface area (Å²) in [6.45, 7) is 0. The number of hydrogen-bond donors (Lipinski definition) is 2. The van der Waals surface area contributed by atoms with Crippen LogP contribution in [0.4, 0.5) is 11.4 Å². The predicted octanol–water partition coefficient (Wildman–Crippen LogP) is 2.23. The van der Waals surface area contributed by atoms with Gasteiger partial charge in [0.25, 0.3) is 0 Å². The molecule has 1 aromatic heterocycles. The summed E-state index contributed by atoms with van der Waals surface area (Å²) in [5, 5.41) is 21.4. The summed E-state index contributed by atoms with van der Waals surface area (Å²) in [6, 6.07) is 4.71. The van der Waals surface area contributed by atoms with Crippen LogP contribution in [0.5, 0.6) is 5.75 Å². The van der Waals surface area contributed by atoms with Gasteiger partial charge < -0.3 is 10.8 Å². The van der Waals surface area contributed by atoms with Crippen LogP contribution in [0.3, 0.4) is 0 Å². The number of anilines is 1. The van der Waals surface area contributed by atoms with E-state index in [2.05, 4.69) is 15.1 Å². The molecule has 0 atom stereocenters. The molecule has 0 fully saturated rings. The molecular weight excluding hydrogens is 258 g/mol. The maximum absolute atomic E-state index is 10.5. The van der Waals surface area contributed by atoms with Crippen LogP contribution in [0.2, 0.25) is 0 Å². The normalized spacial score (nSPS) is 10.8. The van der Waals surface area contributed by atoms with Crippen LogP contribution in [-0.2, 0) is 0 Å². The molecule has 1 aromatic carbocycles. The number of benzene rings is 1. The van der Waals surface area contributed by atoms with Crippen molar-refractivity contribution in [1.82, 2.24) is 9.97 Å². The molecule has 0 saturated carbocycles. The molecule has 0 spiro atoms. The third-order valence-corrected chi connectivity index (χ3v) is 2.50. The van der Waals surface area contributed by atoms with E-state index in [9.17, 15) is 10.0 Å². The molecule has 0 saturated heterocycles. The lowest BCUT2D eigenvalue weighted by molar-refractivity contribution is 0.477.